The molecule has 0 amide bonds. The quantitative estimate of drug-likeness (QED) is 0.871. The number of halogens is 1. The average molecular weight is 255 g/mol. The molecular weight excluding hydrogens is 237 g/mol. The molecule has 0 fully saturated rings. The van der Waals surface area contributed by atoms with Crippen LogP contribution in [-0.4, -0.2) is 0 Å². The van der Waals surface area contributed by atoms with Crippen LogP contribution in [0.3, 0.4) is 0 Å². The van der Waals surface area contributed by atoms with Crippen molar-refractivity contribution >= 4 is 0 Å². The van der Waals surface area contributed by atoms with E-state index in [9.17, 15) is 4.39 Å². The summed E-state index contributed by atoms with van der Waals surface area (Å²) in [6.07, 6.45) is 2.80. The Bertz CT molecular complexity index is 579. The highest BCUT2D eigenvalue weighted by Crippen LogP contribution is 2.34. The highest BCUT2D eigenvalue weighted by Gasteiger charge is 2.26. The Hall–Kier alpha value is -1.67. The third-order valence-electron chi connectivity index (χ3n) is 4.15. The maximum absolute atomic E-state index is 13.7. The highest BCUT2D eigenvalue weighted by atomic mass is 19.1. The monoisotopic (exact) mass is 255 g/mol. The predicted molar refractivity (Wildman–Crippen MR) is 75.3 cm³/mol. The molecule has 0 bridgehead atoms. The topological polar surface area (TPSA) is 26.0 Å². The van der Waals surface area contributed by atoms with Crippen molar-refractivity contribution in [2.75, 3.05) is 0 Å². The Morgan fingerprint density at radius 2 is 1.79 bits per heavy atom. The predicted octanol–water partition coefficient (Wildman–Crippen LogP) is 3.63. The number of hydrogen-bond donors (Lipinski definition) is 1. The standard InChI is InChI=1S/C17H18FN/c18-16-8-4-2-6-13(16)11-14-10-9-12-5-1-3-7-15(12)17(14)19/h1-8,14,17H,9-11,19H2. The molecule has 1 aliphatic rings. The molecule has 0 spiro atoms. The Morgan fingerprint density at radius 3 is 2.63 bits per heavy atom. The lowest BCUT2D eigenvalue weighted by atomic mass is 9.77. The molecule has 98 valence electrons. The number of fused-ring (bicyclic) bond motifs is 1. The minimum absolute atomic E-state index is 0.0181. The molecule has 3 rings (SSSR count). The number of rotatable bonds is 2. The second kappa shape index (κ2) is 5.14. The molecule has 1 aliphatic carbocycles. The van der Waals surface area contributed by atoms with Crippen molar-refractivity contribution in [3.63, 3.8) is 0 Å². The van der Waals surface area contributed by atoms with Gasteiger partial charge in [-0.1, -0.05) is 42.5 Å². The van der Waals surface area contributed by atoms with E-state index >= 15 is 0 Å². The average Bonchev–Trinajstić information content (AvgIpc) is 2.44. The van der Waals surface area contributed by atoms with Gasteiger partial charge < -0.3 is 5.73 Å². The first kappa shape index (κ1) is 12.4. The molecular formula is C17H18FN. The van der Waals surface area contributed by atoms with Gasteiger partial charge in [-0.3, -0.25) is 0 Å². The first-order valence-corrected chi connectivity index (χ1v) is 6.82. The van der Waals surface area contributed by atoms with Crippen LogP contribution in [0.4, 0.5) is 4.39 Å². The maximum atomic E-state index is 13.7. The molecule has 2 aromatic carbocycles. The van der Waals surface area contributed by atoms with Crippen molar-refractivity contribution < 1.29 is 4.39 Å². The van der Waals surface area contributed by atoms with E-state index in [2.05, 4.69) is 18.2 Å². The number of hydrogen-bond acceptors (Lipinski definition) is 1. The van der Waals surface area contributed by atoms with Gasteiger partial charge in [-0.15, -0.1) is 0 Å². The van der Waals surface area contributed by atoms with Crippen LogP contribution < -0.4 is 5.73 Å². The third-order valence-corrected chi connectivity index (χ3v) is 4.15. The minimum Gasteiger partial charge on any atom is -0.324 e. The molecule has 2 unspecified atom stereocenters. The highest BCUT2D eigenvalue weighted by molar-refractivity contribution is 5.33. The lowest BCUT2D eigenvalue weighted by Crippen LogP contribution is -2.29. The zero-order chi connectivity index (χ0) is 13.2. The van der Waals surface area contributed by atoms with Gasteiger partial charge in [0.25, 0.3) is 0 Å². The molecule has 2 N–H and O–H groups in total. The van der Waals surface area contributed by atoms with Crippen LogP contribution in [0.5, 0.6) is 0 Å². The maximum Gasteiger partial charge on any atom is 0.126 e. The van der Waals surface area contributed by atoms with Crippen LogP contribution in [0.2, 0.25) is 0 Å². The van der Waals surface area contributed by atoms with E-state index in [-0.39, 0.29) is 11.9 Å². The van der Waals surface area contributed by atoms with E-state index in [0.717, 1.165) is 24.8 Å². The summed E-state index contributed by atoms with van der Waals surface area (Å²) >= 11 is 0. The van der Waals surface area contributed by atoms with Crippen molar-refractivity contribution in [3.05, 3.63) is 71.0 Å². The van der Waals surface area contributed by atoms with Gasteiger partial charge >= 0.3 is 0 Å². The molecule has 0 aliphatic heterocycles. The summed E-state index contributed by atoms with van der Waals surface area (Å²) in [5.74, 6) is 0.209. The first-order chi connectivity index (χ1) is 9.25. The van der Waals surface area contributed by atoms with Crippen LogP contribution >= 0.6 is 0 Å². The van der Waals surface area contributed by atoms with Gasteiger partial charge in [-0.25, -0.2) is 4.39 Å². The van der Waals surface area contributed by atoms with Gasteiger partial charge in [-0.2, -0.15) is 0 Å². The van der Waals surface area contributed by atoms with E-state index < -0.39 is 0 Å². The van der Waals surface area contributed by atoms with Crippen molar-refractivity contribution in [3.8, 4) is 0 Å². The summed E-state index contributed by atoms with van der Waals surface area (Å²) in [4.78, 5) is 0. The molecule has 0 radical (unpaired) electrons. The summed E-state index contributed by atoms with van der Waals surface area (Å²) < 4.78 is 13.7. The second-order valence-electron chi connectivity index (χ2n) is 5.32. The molecule has 1 nitrogen and oxygen atoms in total. The van der Waals surface area contributed by atoms with Gasteiger partial charge in [0.05, 0.1) is 0 Å². The Balaban J connectivity index is 1.83. The third kappa shape index (κ3) is 2.41. The minimum atomic E-state index is -0.117. The number of aryl methyl sites for hydroxylation is 1. The largest absolute Gasteiger partial charge is 0.324 e. The van der Waals surface area contributed by atoms with Gasteiger partial charge in [0.1, 0.15) is 5.82 Å². The van der Waals surface area contributed by atoms with Gasteiger partial charge in [0.15, 0.2) is 0 Å². The van der Waals surface area contributed by atoms with Crippen molar-refractivity contribution in [1.29, 1.82) is 0 Å². The zero-order valence-corrected chi connectivity index (χ0v) is 10.9. The van der Waals surface area contributed by atoms with E-state index in [0.29, 0.717) is 5.92 Å². The van der Waals surface area contributed by atoms with E-state index in [4.69, 9.17) is 5.73 Å². The van der Waals surface area contributed by atoms with Gasteiger partial charge in [0, 0.05) is 6.04 Å². The molecule has 0 saturated carbocycles. The normalized spacial score (nSPS) is 22.0. The Labute approximate surface area is 113 Å². The van der Waals surface area contributed by atoms with E-state index in [1.807, 2.05) is 18.2 Å². The number of nitrogens with two attached hydrogens (primary N) is 1. The van der Waals surface area contributed by atoms with Crippen LogP contribution in [0.15, 0.2) is 48.5 Å². The van der Waals surface area contributed by atoms with Crippen molar-refractivity contribution in [2.45, 2.75) is 25.3 Å². The van der Waals surface area contributed by atoms with Crippen molar-refractivity contribution in [2.24, 2.45) is 11.7 Å². The zero-order valence-electron chi connectivity index (χ0n) is 10.9. The fraction of sp³-hybridized carbons (Fsp3) is 0.294. The van der Waals surface area contributed by atoms with Gasteiger partial charge in [0.2, 0.25) is 0 Å². The summed E-state index contributed by atoms with van der Waals surface area (Å²) in [5.41, 5.74) is 9.72. The fourth-order valence-electron chi connectivity index (χ4n) is 3.04. The lowest BCUT2D eigenvalue weighted by molar-refractivity contribution is 0.371. The summed E-state index contributed by atoms with van der Waals surface area (Å²) in [5, 5.41) is 0. The SMILES string of the molecule is NC1c2ccccc2CCC1Cc1ccccc1F. The van der Waals surface area contributed by atoms with Crippen LogP contribution in [0, 0.1) is 11.7 Å². The Kier molecular flexibility index (Phi) is 3.34. The van der Waals surface area contributed by atoms with Crippen LogP contribution in [-0.2, 0) is 12.8 Å². The molecule has 19 heavy (non-hydrogen) atoms. The smallest absolute Gasteiger partial charge is 0.126 e. The van der Waals surface area contributed by atoms with Crippen LogP contribution in [0.1, 0.15) is 29.2 Å². The molecule has 2 aromatic rings. The first-order valence-electron chi connectivity index (χ1n) is 6.82. The molecule has 0 heterocycles. The lowest BCUT2D eigenvalue weighted by Gasteiger charge is -2.31. The molecule has 2 atom stereocenters. The van der Waals surface area contributed by atoms with E-state index in [1.165, 1.54) is 17.2 Å². The summed E-state index contributed by atoms with van der Waals surface area (Å²) in [7, 11) is 0. The summed E-state index contributed by atoms with van der Waals surface area (Å²) in [6.45, 7) is 0. The van der Waals surface area contributed by atoms with Crippen molar-refractivity contribution in [1.82, 2.24) is 0 Å². The van der Waals surface area contributed by atoms with E-state index in [1.54, 1.807) is 6.07 Å². The summed E-state index contributed by atoms with van der Waals surface area (Å²) in [6, 6.07) is 15.4. The molecule has 0 saturated heterocycles. The second-order valence-corrected chi connectivity index (χ2v) is 5.32. The molecule has 0 aromatic heterocycles. The van der Waals surface area contributed by atoms with Gasteiger partial charge in [-0.05, 0) is 47.9 Å². The van der Waals surface area contributed by atoms with Crippen LogP contribution in [0.25, 0.3) is 0 Å². The fourth-order valence-corrected chi connectivity index (χ4v) is 3.04. The molecule has 2 heteroatoms. The Morgan fingerprint density at radius 1 is 1.05 bits per heavy atom. The number of benzene rings is 2.